The van der Waals surface area contributed by atoms with Gasteiger partial charge in [0.25, 0.3) is 5.91 Å². The van der Waals surface area contributed by atoms with Crippen LogP contribution in [0.1, 0.15) is 29.4 Å². The number of hydrogen-bond donors (Lipinski definition) is 3. The van der Waals surface area contributed by atoms with Gasteiger partial charge in [-0.15, -0.1) is 0 Å². The molecule has 0 saturated carbocycles. The zero-order chi connectivity index (χ0) is 21.8. The maximum absolute atomic E-state index is 13.0. The lowest BCUT2D eigenvalue weighted by Crippen LogP contribution is -2.40. The van der Waals surface area contributed by atoms with E-state index in [9.17, 15) is 14.4 Å². The summed E-state index contributed by atoms with van der Waals surface area (Å²) in [5.41, 5.74) is 4.53. The number of aromatic nitrogens is 1. The summed E-state index contributed by atoms with van der Waals surface area (Å²) in [5, 5.41) is 6.57. The minimum Gasteiger partial charge on any atom is -0.348 e. The Bertz CT molecular complexity index is 1140. The van der Waals surface area contributed by atoms with E-state index in [0.717, 1.165) is 10.0 Å². The van der Waals surface area contributed by atoms with Crippen molar-refractivity contribution in [2.75, 3.05) is 17.3 Å². The van der Waals surface area contributed by atoms with Gasteiger partial charge in [-0.25, -0.2) is 4.68 Å². The van der Waals surface area contributed by atoms with E-state index in [-0.39, 0.29) is 5.69 Å². The number of benzene rings is 2. The molecule has 0 radical (unpaired) electrons. The van der Waals surface area contributed by atoms with Crippen molar-refractivity contribution in [1.82, 2.24) is 9.99 Å². The quantitative estimate of drug-likeness (QED) is 0.467. The van der Waals surface area contributed by atoms with Crippen LogP contribution in [0.2, 0.25) is 5.02 Å². The highest BCUT2D eigenvalue weighted by Crippen LogP contribution is 2.26. The maximum atomic E-state index is 13.0. The summed E-state index contributed by atoms with van der Waals surface area (Å²) >= 11 is 9.54. The molecule has 0 saturated heterocycles. The fourth-order valence-corrected chi connectivity index (χ4v) is 3.43. The second-order valence-corrected chi connectivity index (χ2v) is 7.95. The molecule has 0 atom stereocenters. The third-order valence-electron chi connectivity index (χ3n) is 4.47. The highest BCUT2D eigenvalue weighted by atomic mass is 79.9. The lowest BCUT2D eigenvalue weighted by molar-refractivity contribution is -0.136. The fourth-order valence-electron chi connectivity index (χ4n) is 2.87. The molecule has 2 aromatic carbocycles. The van der Waals surface area contributed by atoms with Gasteiger partial charge in [0.15, 0.2) is 0 Å². The summed E-state index contributed by atoms with van der Waals surface area (Å²) < 4.78 is 2.13. The van der Waals surface area contributed by atoms with E-state index in [1.807, 2.05) is 13.0 Å². The number of anilines is 1. The Morgan fingerprint density at radius 3 is 2.60 bits per heavy atom. The van der Waals surface area contributed by atoms with Crippen molar-refractivity contribution in [1.29, 1.82) is 0 Å². The summed E-state index contributed by atoms with van der Waals surface area (Å²) in [5.74, 6) is -2.09. The van der Waals surface area contributed by atoms with E-state index < -0.39 is 17.7 Å². The first-order valence-electron chi connectivity index (χ1n) is 9.28. The largest absolute Gasteiger partial charge is 0.348 e. The van der Waals surface area contributed by atoms with Crippen molar-refractivity contribution >= 4 is 61.8 Å². The van der Waals surface area contributed by atoms with E-state index in [1.165, 1.54) is 4.68 Å². The SMILES string of the molecule is CCCNC(=O)C(=O)Nn1c(C(=O)Nc2cccc(Cl)c2C)cc2cc(Br)ccc21. The smallest absolute Gasteiger partial charge is 0.328 e. The number of carbonyl (C=O) groups excluding carboxylic acids is 3. The van der Waals surface area contributed by atoms with E-state index in [1.54, 1.807) is 43.3 Å². The number of rotatable bonds is 5. The van der Waals surface area contributed by atoms with Crippen LogP contribution in [0.3, 0.4) is 0 Å². The molecule has 3 N–H and O–H groups in total. The first kappa shape index (κ1) is 21.9. The molecule has 0 aliphatic carbocycles. The van der Waals surface area contributed by atoms with Crippen molar-refractivity contribution in [2.24, 2.45) is 0 Å². The molecule has 1 aromatic heterocycles. The molecule has 30 heavy (non-hydrogen) atoms. The number of carbonyl (C=O) groups is 3. The zero-order valence-electron chi connectivity index (χ0n) is 16.4. The van der Waals surface area contributed by atoms with Gasteiger partial charge < -0.3 is 10.6 Å². The number of amides is 3. The van der Waals surface area contributed by atoms with Crippen LogP contribution in [-0.2, 0) is 9.59 Å². The van der Waals surface area contributed by atoms with Crippen LogP contribution >= 0.6 is 27.5 Å². The third kappa shape index (κ3) is 4.66. The molecule has 0 unspecified atom stereocenters. The van der Waals surface area contributed by atoms with E-state index in [2.05, 4.69) is 32.0 Å². The Balaban J connectivity index is 1.97. The molecular weight excluding hydrogens is 472 g/mol. The van der Waals surface area contributed by atoms with Crippen molar-refractivity contribution < 1.29 is 14.4 Å². The summed E-state index contributed by atoms with van der Waals surface area (Å²) in [4.78, 5) is 37.4. The van der Waals surface area contributed by atoms with Gasteiger partial charge in [-0.1, -0.05) is 40.5 Å². The molecular formula is C21H20BrClN4O3. The minimum atomic E-state index is -0.864. The third-order valence-corrected chi connectivity index (χ3v) is 5.37. The normalized spacial score (nSPS) is 10.7. The highest BCUT2D eigenvalue weighted by Gasteiger charge is 2.21. The number of hydrogen-bond acceptors (Lipinski definition) is 3. The van der Waals surface area contributed by atoms with Crippen LogP contribution in [0, 0.1) is 6.92 Å². The Morgan fingerprint density at radius 1 is 1.10 bits per heavy atom. The van der Waals surface area contributed by atoms with Gasteiger partial charge in [-0.3, -0.25) is 19.8 Å². The number of nitrogens with zero attached hydrogens (tertiary/aromatic N) is 1. The molecule has 3 aromatic rings. The molecule has 1 heterocycles. The average Bonchev–Trinajstić information content (AvgIpc) is 3.06. The van der Waals surface area contributed by atoms with Crippen LogP contribution in [0.25, 0.3) is 10.9 Å². The molecule has 3 amide bonds. The molecule has 156 valence electrons. The van der Waals surface area contributed by atoms with Crippen molar-refractivity contribution in [2.45, 2.75) is 20.3 Å². The predicted molar refractivity (Wildman–Crippen MR) is 121 cm³/mol. The number of fused-ring (bicyclic) bond motifs is 1. The van der Waals surface area contributed by atoms with Gasteiger partial charge in [0, 0.05) is 27.1 Å². The minimum absolute atomic E-state index is 0.166. The van der Waals surface area contributed by atoms with E-state index in [0.29, 0.717) is 34.6 Å². The second kappa shape index (κ2) is 9.32. The molecule has 0 spiro atoms. The number of halogens is 2. The van der Waals surface area contributed by atoms with Gasteiger partial charge in [0.05, 0.1) is 5.52 Å². The molecule has 0 aliphatic rings. The standard InChI is InChI=1S/C21H20BrClN4O3/c1-3-9-24-20(29)21(30)26-27-17-8-7-14(22)10-13(17)11-18(27)19(28)25-16-6-4-5-15(23)12(16)2/h4-8,10-11H,3,9H2,1-2H3,(H,24,29)(H,25,28)(H,26,30). The average molecular weight is 492 g/mol. The molecule has 7 nitrogen and oxygen atoms in total. The number of nitrogens with one attached hydrogen (secondary N) is 3. The van der Waals surface area contributed by atoms with Gasteiger partial charge in [0.2, 0.25) is 0 Å². The van der Waals surface area contributed by atoms with Crippen LogP contribution < -0.4 is 16.1 Å². The summed E-state index contributed by atoms with van der Waals surface area (Å²) in [6.45, 7) is 4.06. The second-order valence-electron chi connectivity index (χ2n) is 6.63. The summed E-state index contributed by atoms with van der Waals surface area (Å²) in [6.07, 6.45) is 0.701. The Kier molecular flexibility index (Phi) is 6.79. The molecule has 0 bridgehead atoms. The van der Waals surface area contributed by atoms with Crippen LogP contribution in [-0.4, -0.2) is 28.9 Å². The van der Waals surface area contributed by atoms with Gasteiger partial charge >= 0.3 is 11.8 Å². The Morgan fingerprint density at radius 2 is 1.87 bits per heavy atom. The molecule has 0 fully saturated rings. The summed E-state index contributed by atoms with van der Waals surface area (Å²) in [6, 6.07) is 12.2. The maximum Gasteiger partial charge on any atom is 0.328 e. The van der Waals surface area contributed by atoms with Gasteiger partial charge in [-0.2, -0.15) is 0 Å². The van der Waals surface area contributed by atoms with Crippen molar-refractivity contribution in [3.05, 3.63) is 63.2 Å². The molecule has 9 heteroatoms. The molecule has 3 rings (SSSR count). The lowest BCUT2D eigenvalue weighted by Gasteiger charge is -2.13. The van der Waals surface area contributed by atoms with Crippen LogP contribution in [0.5, 0.6) is 0 Å². The van der Waals surface area contributed by atoms with Gasteiger partial charge in [-0.05, 0) is 55.3 Å². The van der Waals surface area contributed by atoms with Crippen molar-refractivity contribution in [3.8, 4) is 0 Å². The Labute approximate surface area is 186 Å². The van der Waals surface area contributed by atoms with E-state index in [4.69, 9.17) is 11.6 Å². The topological polar surface area (TPSA) is 92.2 Å². The van der Waals surface area contributed by atoms with Gasteiger partial charge in [0.1, 0.15) is 5.69 Å². The van der Waals surface area contributed by atoms with Crippen LogP contribution in [0.15, 0.2) is 46.9 Å². The first-order valence-corrected chi connectivity index (χ1v) is 10.5. The lowest BCUT2D eigenvalue weighted by atomic mass is 10.2. The molecule has 0 aliphatic heterocycles. The summed E-state index contributed by atoms with van der Waals surface area (Å²) in [7, 11) is 0. The van der Waals surface area contributed by atoms with E-state index >= 15 is 0 Å². The van der Waals surface area contributed by atoms with Crippen LogP contribution in [0.4, 0.5) is 5.69 Å². The highest BCUT2D eigenvalue weighted by molar-refractivity contribution is 9.10. The zero-order valence-corrected chi connectivity index (χ0v) is 18.7. The fraction of sp³-hybridized carbons (Fsp3) is 0.190. The first-order chi connectivity index (χ1) is 14.3. The van der Waals surface area contributed by atoms with Crippen molar-refractivity contribution in [3.63, 3.8) is 0 Å². The monoisotopic (exact) mass is 490 g/mol. The Hall–Kier alpha value is -2.84. The predicted octanol–water partition coefficient (Wildman–Crippen LogP) is 4.21.